The first-order valence-electron chi connectivity index (χ1n) is 7.78. The fourth-order valence-corrected chi connectivity index (χ4v) is 2.76. The Morgan fingerprint density at radius 2 is 2.08 bits per heavy atom. The quantitative estimate of drug-likeness (QED) is 0.742. The minimum absolute atomic E-state index is 0.185. The second-order valence-electron chi connectivity index (χ2n) is 5.90. The molecule has 0 aliphatic rings. The van der Waals surface area contributed by atoms with Gasteiger partial charge in [0.1, 0.15) is 5.82 Å². The summed E-state index contributed by atoms with van der Waals surface area (Å²) in [6.45, 7) is 4.01. The largest absolute Gasteiger partial charge is 0.319 e. The molecule has 1 aromatic heterocycles. The first-order valence-corrected chi connectivity index (χ1v) is 8.16. The Labute approximate surface area is 150 Å². The first-order chi connectivity index (χ1) is 11.9. The standard InChI is InChI=1S/C19H17ClFN3O/c1-12-6-7-13(2)15(8-12)19(25)23-14-9-22-24(10-14)11-16-17(20)4-3-5-18(16)21/h3-10H,11H2,1-2H3,(H,23,25). The topological polar surface area (TPSA) is 46.9 Å². The molecule has 0 saturated carbocycles. The van der Waals surface area contributed by atoms with Gasteiger partial charge in [-0.15, -0.1) is 0 Å². The average molecular weight is 358 g/mol. The van der Waals surface area contributed by atoms with Gasteiger partial charge in [0.2, 0.25) is 0 Å². The number of aryl methyl sites for hydroxylation is 2. The lowest BCUT2D eigenvalue weighted by atomic mass is 10.1. The number of benzene rings is 2. The van der Waals surface area contributed by atoms with E-state index in [1.54, 1.807) is 18.3 Å². The van der Waals surface area contributed by atoms with Gasteiger partial charge in [-0.2, -0.15) is 5.10 Å². The van der Waals surface area contributed by atoms with E-state index in [1.165, 1.54) is 16.9 Å². The zero-order valence-corrected chi connectivity index (χ0v) is 14.6. The molecule has 1 N–H and O–H groups in total. The zero-order valence-electron chi connectivity index (χ0n) is 13.9. The van der Waals surface area contributed by atoms with E-state index in [0.717, 1.165) is 11.1 Å². The first kappa shape index (κ1) is 17.2. The summed E-state index contributed by atoms with van der Waals surface area (Å²) in [5.41, 5.74) is 3.43. The number of nitrogens with zero attached hydrogens (tertiary/aromatic N) is 2. The van der Waals surface area contributed by atoms with Gasteiger partial charge in [0.25, 0.3) is 5.91 Å². The van der Waals surface area contributed by atoms with E-state index in [0.29, 0.717) is 21.8 Å². The van der Waals surface area contributed by atoms with Crippen molar-refractivity contribution in [2.45, 2.75) is 20.4 Å². The van der Waals surface area contributed by atoms with Crippen molar-refractivity contribution >= 4 is 23.2 Å². The highest BCUT2D eigenvalue weighted by atomic mass is 35.5. The summed E-state index contributed by atoms with van der Waals surface area (Å²) in [6, 6.07) is 10.3. The number of halogens is 2. The van der Waals surface area contributed by atoms with E-state index in [-0.39, 0.29) is 18.3 Å². The molecule has 0 aliphatic heterocycles. The van der Waals surface area contributed by atoms with E-state index in [2.05, 4.69) is 10.4 Å². The van der Waals surface area contributed by atoms with Crippen molar-refractivity contribution in [3.05, 3.63) is 81.9 Å². The van der Waals surface area contributed by atoms with Crippen LogP contribution in [0.4, 0.5) is 10.1 Å². The van der Waals surface area contributed by atoms with Crippen LogP contribution in [0, 0.1) is 19.7 Å². The number of rotatable bonds is 4. The molecule has 0 spiro atoms. The molecule has 4 nitrogen and oxygen atoms in total. The highest BCUT2D eigenvalue weighted by molar-refractivity contribution is 6.31. The van der Waals surface area contributed by atoms with Crippen LogP contribution in [0.3, 0.4) is 0 Å². The maximum Gasteiger partial charge on any atom is 0.256 e. The molecule has 1 heterocycles. The van der Waals surface area contributed by atoms with Gasteiger partial charge in [0.15, 0.2) is 0 Å². The summed E-state index contributed by atoms with van der Waals surface area (Å²) in [7, 11) is 0. The number of carbonyl (C=O) groups is 1. The van der Waals surface area contributed by atoms with Crippen LogP contribution < -0.4 is 5.32 Å². The molecule has 0 aliphatic carbocycles. The minimum Gasteiger partial charge on any atom is -0.319 e. The van der Waals surface area contributed by atoms with Gasteiger partial charge in [-0.1, -0.05) is 35.4 Å². The van der Waals surface area contributed by atoms with Crippen LogP contribution in [-0.4, -0.2) is 15.7 Å². The summed E-state index contributed by atoms with van der Waals surface area (Å²) < 4.78 is 15.4. The van der Waals surface area contributed by atoms with Gasteiger partial charge in [-0.25, -0.2) is 4.39 Å². The third-order valence-corrected chi connectivity index (χ3v) is 4.26. The van der Waals surface area contributed by atoms with Crippen molar-refractivity contribution in [2.24, 2.45) is 0 Å². The maximum absolute atomic E-state index is 13.9. The molecular weight excluding hydrogens is 341 g/mol. The second kappa shape index (κ2) is 7.07. The van der Waals surface area contributed by atoms with E-state index < -0.39 is 0 Å². The van der Waals surface area contributed by atoms with Crippen molar-refractivity contribution in [3.8, 4) is 0 Å². The SMILES string of the molecule is Cc1ccc(C)c(C(=O)Nc2cnn(Cc3c(F)cccc3Cl)c2)c1. The van der Waals surface area contributed by atoms with Crippen LogP contribution in [-0.2, 0) is 6.54 Å². The van der Waals surface area contributed by atoms with Crippen molar-refractivity contribution in [1.82, 2.24) is 9.78 Å². The molecule has 2 aromatic carbocycles. The van der Waals surface area contributed by atoms with E-state index >= 15 is 0 Å². The summed E-state index contributed by atoms with van der Waals surface area (Å²) in [6.07, 6.45) is 3.17. The van der Waals surface area contributed by atoms with Crippen LogP contribution >= 0.6 is 11.6 Å². The fraction of sp³-hybridized carbons (Fsp3) is 0.158. The molecule has 0 unspecified atom stereocenters. The Bertz CT molecular complexity index is 916. The minimum atomic E-state index is -0.385. The summed E-state index contributed by atoms with van der Waals surface area (Å²) in [5.74, 6) is -0.589. The van der Waals surface area contributed by atoms with Crippen molar-refractivity contribution in [3.63, 3.8) is 0 Å². The van der Waals surface area contributed by atoms with Gasteiger partial charge in [-0.3, -0.25) is 9.48 Å². The van der Waals surface area contributed by atoms with Crippen LogP contribution in [0.15, 0.2) is 48.8 Å². The monoisotopic (exact) mass is 357 g/mol. The Morgan fingerprint density at radius 1 is 1.28 bits per heavy atom. The normalized spacial score (nSPS) is 10.7. The fourth-order valence-electron chi connectivity index (χ4n) is 2.54. The van der Waals surface area contributed by atoms with Gasteiger partial charge in [0.05, 0.1) is 18.4 Å². The molecule has 0 saturated heterocycles. The summed E-state index contributed by atoms with van der Waals surface area (Å²) >= 11 is 6.03. The highest BCUT2D eigenvalue weighted by Gasteiger charge is 2.12. The van der Waals surface area contributed by atoms with E-state index in [1.807, 2.05) is 32.0 Å². The number of hydrogen-bond acceptors (Lipinski definition) is 2. The highest BCUT2D eigenvalue weighted by Crippen LogP contribution is 2.20. The van der Waals surface area contributed by atoms with Gasteiger partial charge < -0.3 is 5.32 Å². The van der Waals surface area contributed by atoms with Gasteiger partial charge in [0, 0.05) is 22.3 Å². The molecule has 0 radical (unpaired) electrons. The molecule has 3 rings (SSSR count). The molecule has 6 heteroatoms. The lowest BCUT2D eigenvalue weighted by molar-refractivity contribution is 0.102. The Kier molecular flexibility index (Phi) is 4.86. The predicted octanol–water partition coefficient (Wildman–Crippen LogP) is 4.59. The maximum atomic E-state index is 13.9. The van der Waals surface area contributed by atoms with Crippen LogP contribution in [0.25, 0.3) is 0 Å². The number of hydrogen-bond donors (Lipinski definition) is 1. The number of aromatic nitrogens is 2. The lowest BCUT2D eigenvalue weighted by Gasteiger charge is -2.07. The number of carbonyl (C=O) groups excluding carboxylic acids is 1. The molecule has 1 amide bonds. The molecule has 3 aromatic rings. The molecule has 0 atom stereocenters. The third kappa shape index (κ3) is 3.88. The molecule has 0 bridgehead atoms. The summed E-state index contributed by atoms with van der Waals surface area (Å²) in [5, 5.41) is 7.31. The average Bonchev–Trinajstić information content (AvgIpc) is 3.00. The van der Waals surface area contributed by atoms with E-state index in [9.17, 15) is 9.18 Å². The molecule has 128 valence electrons. The van der Waals surface area contributed by atoms with Crippen molar-refractivity contribution < 1.29 is 9.18 Å². The van der Waals surface area contributed by atoms with Crippen molar-refractivity contribution in [2.75, 3.05) is 5.32 Å². The van der Waals surface area contributed by atoms with Gasteiger partial charge >= 0.3 is 0 Å². The van der Waals surface area contributed by atoms with Crippen LogP contribution in [0.2, 0.25) is 5.02 Å². The smallest absolute Gasteiger partial charge is 0.256 e. The third-order valence-electron chi connectivity index (χ3n) is 3.91. The Balaban J connectivity index is 1.76. The molecular formula is C19H17ClFN3O. The number of anilines is 1. The number of amides is 1. The lowest BCUT2D eigenvalue weighted by Crippen LogP contribution is -2.13. The second-order valence-corrected chi connectivity index (χ2v) is 6.31. The molecule has 25 heavy (non-hydrogen) atoms. The van der Waals surface area contributed by atoms with Crippen LogP contribution in [0.5, 0.6) is 0 Å². The molecule has 0 fully saturated rings. The Hall–Kier alpha value is -2.66. The van der Waals surface area contributed by atoms with Crippen LogP contribution in [0.1, 0.15) is 27.0 Å². The van der Waals surface area contributed by atoms with Gasteiger partial charge in [-0.05, 0) is 37.6 Å². The Morgan fingerprint density at radius 3 is 2.84 bits per heavy atom. The van der Waals surface area contributed by atoms with Crippen molar-refractivity contribution in [1.29, 1.82) is 0 Å². The number of nitrogens with one attached hydrogen (secondary N) is 1. The zero-order chi connectivity index (χ0) is 18.0. The predicted molar refractivity (Wildman–Crippen MR) is 96.6 cm³/mol. The van der Waals surface area contributed by atoms with E-state index in [4.69, 9.17) is 11.6 Å². The summed E-state index contributed by atoms with van der Waals surface area (Å²) in [4.78, 5) is 12.4.